The third-order valence-electron chi connectivity index (χ3n) is 4.93. The van der Waals surface area contributed by atoms with Gasteiger partial charge in [0, 0.05) is 25.2 Å². The zero-order chi connectivity index (χ0) is 16.1. The van der Waals surface area contributed by atoms with Gasteiger partial charge in [0.05, 0.1) is 0 Å². The monoisotopic (exact) mass is 316 g/mol. The summed E-state index contributed by atoms with van der Waals surface area (Å²) in [6.07, 6.45) is 10.9. The molecule has 1 aliphatic heterocycles. The molecule has 0 bridgehead atoms. The van der Waals surface area contributed by atoms with Gasteiger partial charge < -0.3 is 10.2 Å². The Morgan fingerprint density at radius 1 is 1.04 bits per heavy atom. The lowest BCUT2D eigenvalue weighted by atomic mass is 10.1. The maximum absolute atomic E-state index is 12.6. The van der Waals surface area contributed by atoms with Crippen molar-refractivity contribution in [1.29, 1.82) is 0 Å². The highest BCUT2D eigenvalue weighted by Gasteiger charge is 2.19. The number of aryl methyl sites for hydroxylation is 1. The van der Waals surface area contributed by atoms with Crippen molar-refractivity contribution in [2.75, 3.05) is 18.0 Å². The van der Waals surface area contributed by atoms with E-state index in [1.807, 2.05) is 13.0 Å². The molecule has 23 heavy (non-hydrogen) atoms. The van der Waals surface area contributed by atoms with Gasteiger partial charge in [0.2, 0.25) is 0 Å². The standard InChI is InChI=1S/C18H28N4O/c1-14-19-16(13-17(20-14)22-11-7-4-8-12-22)18(23)21-15-9-5-2-3-6-10-15/h13,15H,2-12H2,1H3,(H,21,23). The summed E-state index contributed by atoms with van der Waals surface area (Å²) in [4.78, 5) is 23.8. The first-order valence-corrected chi connectivity index (χ1v) is 9.14. The van der Waals surface area contributed by atoms with Gasteiger partial charge in [-0.25, -0.2) is 9.97 Å². The summed E-state index contributed by atoms with van der Waals surface area (Å²) in [6, 6.07) is 2.17. The Hall–Kier alpha value is -1.65. The second-order valence-electron chi connectivity index (χ2n) is 6.87. The minimum atomic E-state index is -0.0411. The van der Waals surface area contributed by atoms with Crippen molar-refractivity contribution in [1.82, 2.24) is 15.3 Å². The van der Waals surface area contributed by atoms with Gasteiger partial charge in [0.15, 0.2) is 0 Å². The molecule has 1 aromatic rings. The lowest BCUT2D eigenvalue weighted by Gasteiger charge is -2.28. The van der Waals surface area contributed by atoms with Crippen LogP contribution >= 0.6 is 0 Å². The van der Waals surface area contributed by atoms with Crippen LogP contribution in [0.2, 0.25) is 0 Å². The fraction of sp³-hybridized carbons (Fsp3) is 0.722. The van der Waals surface area contributed by atoms with Crippen molar-refractivity contribution in [2.45, 2.75) is 70.8 Å². The minimum absolute atomic E-state index is 0.0411. The van der Waals surface area contributed by atoms with E-state index in [1.54, 1.807) is 0 Å². The molecule has 1 amide bonds. The molecule has 126 valence electrons. The van der Waals surface area contributed by atoms with E-state index in [-0.39, 0.29) is 5.91 Å². The second kappa shape index (κ2) is 7.75. The van der Waals surface area contributed by atoms with Crippen LogP contribution in [0.15, 0.2) is 6.07 Å². The van der Waals surface area contributed by atoms with Crippen LogP contribution < -0.4 is 10.2 Å². The second-order valence-corrected chi connectivity index (χ2v) is 6.87. The number of aromatic nitrogens is 2. The fourth-order valence-corrected chi connectivity index (χ4v) is 3.64. The number of hydrogen-bond donors (Lipinski definition) is 1. The molecular weight excluding hydrogens is 288 g/mol. The predicted molar refractivity (Wildman–Crippen MR) is 91.8 cm³/mol. The van der Waals surface area contributed by atoms with Crippen LogP contribution in [0.3, 0.4) is 0 Å². The van der Waals surface area contributed by atoms with Gasteiger partial charge in [-0.05, 0) is 39.0 Å². The Balaban J connectivity index is 1.70. The Morgan fingerprint density at radius 3 is 2.39 bits per heavy atom. The van der Waals surface area contributed by atoms with Crippen molar-refractivity contribution in [3.05, 3.63) is 17.6 Å². The maximum atomic E-state index is 12.6. The van der Waals surface area contributed by atoms with E-state index in [0.29, 0.717) is 17.6 Å². The molecular formula is C18H28N4O. The van der Waals surface area contributed by atoms with E-state index in [4.69, 9.17) is 0 Å². The number of anilines is 1. The summed E-state index contributed by atoms with van der Waals surface area (Å²) in [5.74, 6) is 1.54. The number of hydrogen-bond acceptors (Lipinski definition) is 4. The number of rotatable bonds is 3. The van der Waals surface area contributed by atoms with Crippen molar-refractivity contribution in [3.63, 3.8) is 0 Å². The van der Waals surface area contributed by atoms with Gasteiger partial charge in [-0.1, -0.05) is 25.7 Å². The zero-order valence-electron chi connectivity index (χ0n) is 14.2. The summed E-state index contributed by atoms with van der Waals surface area (Å²) in [6.45, 7) is 3.93. The molecule has 3 rings (SSSR count). The van der Waals surface area contributed by atoms with Gasteiger partial charge in [-0.15, -0.1) is 0 Å². The lowest BCUT2D eigenvalue weighted by Crippen LogP contribution is -2.35. The van der Waals surface area contributed by atoms with Crippen LogP contribution in [-0.4, -0.2) is 35.0 Å². The van der Waals surface area contributed by atoms with E-state index < -0.39 is 0 Å². The van der Waals surface area contributed by atoms with Crippen molar-refractivity contribution in [3.8, 4) is 0 Å². The molecule has 2 aliphatic rings. The first kappa shape index (κ1) is 16.2. The van der Waals surface area contributed by atoms with Gasteiger partial charge in [0.25, 0.3) is 5.91 Å². The van der Waals surface area contributed by atoms with E-state index in [2.05, 4.69) is 20.2 Å². The molecule has 1 saturated heterocycles. The SMILES string of the molecule is Cc1nc(C(=O)NC2CCCCCC2)cc(N2CCCCC2)n1. The molecule has 0 atom stereocenters. The summed E-state index contributed by atoms with van der Waals surface area (Å²) < 4.78 is 0. The highest BCUT2D eigenvalue weighted by atomic mass is 16.1. The van der Waals surface area contributed by atoms with Crippen LogP contribution in [-0.2, 0) is 0 Å². The predicted octanol–water partition coefficient (Wildman–Crippen LogP) is 3.23. The number of carbonyl (C=O) groups is 1. The van der Waals surface area contributed by atoms with Crippen LogP contribution in [0.5, 0.6) is 0 Å². The summed E-state index contributed by atoms with van der Waals surface area (Å²) >= 11 is 0. The van der Waals surface area contributed by atoms with Crippen LogP contribution in [0.4, 0.5) is 5.82 Å². The van der Waals surface area contributed by atoms with Gasteiger partial charge in [-0.3, -0.25) is 4.79 Å². The minimum Gasteiger partial charge on any atom is -0.356 e. The molecule has 2 heterocycles. The summed E-state index contributed by atoms with van der Waals surface area (Å²) in [5.41, 5.74) is 0.516. The molecule has 0 unspecified atom stereocenters. The molecule has 0 radical (unpaired) electrons. The smallest absolute Gasteiger partial charge is 0.270 e. The first-order valence-electron chi connectivity index (χ1n) is 9.14. The highest BCUT2D eigenvalue weighted by Crippen LogP contribution is 2.20. The third-order valence-corrected chi connectivity index (χ3v) is 4.93. The average molecular weight is 316 g/mol. The van der Waals surface area contributed by atoms with Gasteiger partial charge in [0.1, 0.15) is 17.3 Å². The van der Waals surface area contributed by atoms with Crippen molar-refractivity contribution >= 4 is 11.7 Å². The van der Waals surface area contributed by atoms with Crippen molar-refractivity contribution in [2.24, 2.45) is 0 Å². The molecule has 0 aromatic carbocycles. The Kier molecular flexibility index (Phi) is 5.47. The quantitative estimate of drug-likeness (QED) is 0.870. The lowest BCUT2D eigenvalue weighted by molar-refractivity contribution is 0.0928. The molecule has 1 aromatic heterocycles. The largest absolute Gasteiger partial charge is 0.356 e. The topological polar surface area (TPSA) is 58.1 Å². The molecule has 5 heteroatoms. The molecule has 1 N–H and O–H groups in total. The Bertz CT molecular complexity index is 532. The Labute approximate surface area is 138 Å². The van der Waals surface area contributed by atoms with E-state index >= 15 is 0 Å². The number of nitrogens with zero attached hydrogens (tertiary/aromatic N) is 3. The van der Waals surface area contributed by atoms with Crippen LogP contribution in [0, 0.1) is 6.92 Å². The molecule has 0 spiro atoms. The Morgan fingerprint density at radius 2 is 1.70 bits per heavy atom. The molecule has 1 aliphatic carbocycles. The van der Waals surface area contributed by atoms with Crippen LogP contribution in [0.25, 0.3) is 0 Å². The highest BCUT2D eigenvalue weighted by molar-refractivity contribution is 5.93. The van der Waals surface area contributed by atoms with E-state index in [0.717, 1.165) is 31.7 Å². The zero-order valence-corrected chi connectivity index (χ0v) is 14.2. The average Bonchev–Trinajstić information content (AvgIpc) is 2.84. The first-order chi connectivity index (χ1) is 11.2. The van der Waals surface area contributed by atoms with E-state index in [1.165, 1.54) is 44.9 Å². The maximum Gasteiger partial charge on any atom is 0.270 e. The van der Waals surface area contributed by atoms with Gasteiger partial charge >= 0.3 is 0 Å². The normalized spacial score (nSPS) is 20.1. The summed E-state index contributed by atoms with van der Waals surface area (Å²) in [5, 5.41) is 3.18. The fourth-order valence-electron chi connectivity index (χ4n) is 3.64. The van der Waals surface area contributed by atoms with E-state index in [9.17, 15) is 4.79 Å². The van der Waals surface area contributed by atoms with Crippen molar-refractivity contribution < 1.29 is 4.79 Å². The molecule has 1 saturated carbocycles. The number of carbonyl (C=O) groups excluding carboxylic acids is 1. The van der Waals surface area contributed by atoms with Gasteiger partial charge in [-0.2, -0.15) is 0 Å². The molecule has 5 nitrogen and oxygen atoms in total. The third kappa shape index (κ3) is 4.43. The molecule has 2 fully saturated rings. The number of piperidine rings is 1. The number of amides is 1. The summed E-state index contributed by atoms with van der Waals surface area (Å²) in [7, 11) is 0. The van der Waals surface area contributed by atoms with Crippen LogP contribution in [0.1, 0.15) is 74.1 Å². The number of nitrogens with one attached hydrogen (secondary N) is 1.